The predicted molar refractivity (Wildman–Crippen MR) is 78.9 cm³/mol. The molecule has 0 saturated heterocycles. The number of benzene rings is 1. The zero-order valence-corrected chi connectivity index (χ0v) is 12.4. The molecule has 0 amide bonds. The summed E-state index contributed by atoms with van der Waals surface area (Å²) in [6.07, 6.45) is 0. The summed E-state index contributed by atoms with van der Waals surface area (Å²) < 4.78 is 0. The van der Waals surface area contributed by atoms with Crippen molar-refractivity contribution in [2.45, 2.75) is 32.2 Å². The fourth-order valence-corrected chi connectivity index (χ4v) is 1.89. The van der Waals surface area contributed by atoms with E-state index >= 15 is 0 Å². The lowest BCUT2D eigenvalue weighted by Crippen LogP contribution is -2.43. The summed E-state index contributed by atoms with van der Waals surface area (Å²) in [6, 6.07) is 7.71. The maximum atomic E-state index is 11.0. The number of nitrogens with zero attached hydrogens (tertiary/aromatic N) is 1. The number of likely N-dealkylation sites (N-methyl/N-ethyl adjacent to an activating group) is 2. The van der Waals surface area contributed by atoms with Gasteiger partial charge in [0, 0.05) is 19.3 Å². The van der Waals surface area contributed by atoms with Crippen LogP contribution in [0.25, 0.3) is 0 Å². The van der Waals surface area contributed by atoms with Crippen LogP contribution < -0.4 is 10.2 Å². The Labute approximate surface area is 115 Å². The SMILES string of the molecule is CNC(CN(C)c1ccc(C(C)(C)C)cc1)C(=O)O. The number of carboxylic acids is 1. The van der Waals surface area contributed by atoms with Crippen molar-refractivity contribution in [3.05, 3.63) is 29.8 Å². The molecule has 0 bridgehead atoms. The standard InChI is InChI=1S/C15H24N2O2/c1-15(2,3)11-6-8-12(9-7-11)17(5)10-13(16-4)14(18)19/h6-9,13,16H,10H2,1-5H3,(H,18,19). The van der Waals surface area contributed by atoms with E-state index in [1.807, 2.05) is 24.1 Å². The molecule has 1 aromatic carbocycles. The Kier molecular flexibility index (Phi) is 4.95. The lowest BCUT2D eigenvalue weighted by atomic mass is 9.87. The predicted octanol–water partition coefficient (Wildman–Crippen LogP) is 2.09. The molecule has 19 heavy (non-hydrogen) atoms. The summed E-state index contributed by atoms with van der Waals surface area (Å²) in [7, 11) is 3.56. The number of hydrogen-bond acceptors (Lipinski definition) is 3. The van der Waals surface area contributed by atoms with Crippen molar-refractivity contribution >= 4 is 11.7 Å². The first-order valence-electron chi connectivity index (χ1n) is 6.47. The monoisotopic (exact) mass is 264 g/mol. The molecule has 0 fully saturated rings. The minimum absolute atomic E-state index is 0.131. The van der Waals surface area contributed by atoms with Crippen LogP contribution in [0.3, 0.4) is 0 Å². The molecule has 0 aliphatic carbocycles. The molecule has 0 radical (unpaired) electrons. The maximum absolute atomic E-state index is 11.0. The fraction of sp³-hybridized carbons (Fsp3) is 0.533. The highest BCUT2D eigenvalue weighted by molar-refractivity contribution is 5.74. The van der Waals surface area contributed by atoms with E-state index in [1.165, 1.54) is 5.56 Å². The van der Waals surface area contributed by atoms with Gasteiger partial charge < -0.3 is 15.3 Å². The molecule has 0 saturated carbocycles. The molecule has 4 heteroatoms. The molecule has 4 nitrogen and oxygen atoms in total. The van der Waals surface area contributed by atoms with E-state index in [9.17, 15) is 4.79 Å². The van der Waals surface area contributed by atoms with Gasteiger partial charge in [-0.3, -0.25) is 4.79 Å². The second-order valence-electron chi connectivity index (χ2n) is 5.86. The van der Waals surface area contributed by atoms with Gasteiger partial charge in [-0.1, -0.05) is 32.9 Å². The number of carbonyl (C=O) groups is 1. The van der Waals surface area contributed by atoms with Gasteiger partial charge in [0.1, 0.15) is 6.04 Å². The second kappa shape index (κ2) is 6.06. The number of hydrogen-bond donors (Lipinski definition) is 2. The summed E-state index contributed by atoms with van der Waals surface area (Å²) in [5.41, 5.74) is 2.42. The molecule has 0 spiro atoms. The molecule has 0 aliphatic heterocycles. The van der Waals surface area contributed by atoms with Crippen LogP contribution in [0.1, 0.15) is 26.3 Å². The molecular formula is C15H24N2O2. The average Bonchev–Trinajstić information content (AvgIpc) is 2.34. The zero-order chi connectivity index (χ0) is 14.6. The second-order valence-corrected chi connectivity index (χ2v) is 5.86. The van der Waals surface area contributed by atoms with E-state index in [2.05, 4.69) is 38.2 Å². The highest BCUT2D eigenvalue weighted by Gasteiger charge is 2.18. The lowest BCUT2D eigenvalue weighted by Gasteiger charge is -2.25. The largest absolute Gasteiger partial charge is 0.480 e. The van der Waals surface area contributed by atoms with Gasteiger partial charge in [0.25, 0.3) is 0 Å². The molecule has 0 aromatic heterocycles. The molecule has 1 unspecified atom stereocenters. The number of aliphatic carboxylic acids is 1. The summed E-state index contributed by atoms with van der Waals surface area (Å²) in [5.74, 6) is -0.833. The van der Waals surface area contributed by atoms with Crippen molar-refractivity contribution in [3.8, 4) is 0 Å². The van der Waals surface area contributed by atoms with Crippen LogP contribution in [-0.2, 0) is 10.2 Å². The first kappa shape index (κ1) is 15.5. The van der Waals surface area contributed by atoms with Crippen LogP contribution in [0.4, 0.5) is 5.69 Å². The fourth-order valence-electron chi connectivity index (χ4n) is 1.89. The van der Waals surface area contributed by atoms with E-state index < -0.39 is 12.0 Å². The van der Waals surface area contributed by atoms with E-state index in [0.29, 0.717) is 6.54 Å². The molecule has 1 rings (SSSR count). The number of carboxylic acid groups (broad SMARTS) is 1. The quantitative estimate of drug-likeness (QED) is 0.855. The molecule has 1 atom stereocenters. The van der Waals surface area contributed by atoms with E-state index in [4.69, 9.17) is 5.11 Å². The zero-order valence-electron chi connectivity index (χ0n) is 12.4. The summed E-state index contributed by atoms with van der Waals surface area (Å²) in [4.78, 5) is 12.9. The maximum Gasteiger partial charge on any atom is 0.322 e. The number of rotatable bonds is 5. The van der Waals surface area contributed by atoms with E-state index in [-0.39, 0.29) is 5.41 Å². The van der Waals surface area contributed by atoms with E-state index in [1.54, 1.807) is 7.05 Å². The van der Waals surface area contributed by atoms with Gasteiger partial charge in [-0.15, -0.1) is 0 Å². The van der Waals surface area contributed by atoms with Crippen LogP contribution in [0, 0.1) is 0 Å². The van der Waals surface area contributed by atoms with Crippen LogP contribution in [0.15, 0.2) is 24.3 Å². The minimum atomic E-state index is -0.833. The Morgan fingerprint density at radius 3 is 2.21 bits per heavy atom. The van der Waals surface area contributed by atoms with Crippen LogP contribution in [-0.4, -0.2) is 37.8 Å². The Hall–Kier alpha value is -1.55. The van der Waals surface area contributed by atoms with Crippen molar-refractivity contribution in [3.63, 3.8) is 0 Å². The van der Waals surface area contributed by atoms with Crippen LogP contribution in [0.5, 0.6) is 0 Å². The molecule has 106 valence electrons. The van der Waals surface area contributed by atoms with Gasteiger partial charge in [0.05, 0.1) is 0 Å². The average molecular weight is 264 g/mol. The normalized spacial score (nSPS) is 13.1. The highest BCUT2D eigenvalue weighted by atomic mass is 16.4. The van der Waals surface area contributed by atoms with Crippen molar-refractivity contribution in [2.24, 2.45) is 0 Å². The summed E-state index contributed by atoms with van der Waals surface area (Å²) in [5, 5.41) is 11.8. The third-order valence-electron chi connectivity index (χ3n) is 3.28. The van der Waals surface area contributed by atoms with E-state index in [0.717, 1.165) is 5.69 Å². The first-order chi connectivity index (χ1) is 8.75. The number of nitrogens with one attached hydrogen (secondary N) is 1. The third-order valence-corrected chi connectivity index (χ3v) is 3.28. The van der Waals surface area contributed by atoms with Gasteiger partial charge in [-0.25, -0.2) is 0 Å². The minimum Gasteiger partial charge on any atom is -0.480 e. The topological polar surface area (TPSA) is 52.6 Å². The lowest BCUT2D eigenvalue weighted by molar-refractivity contribution is -0.139. The van der Waals surface area contributed by atoms with Crippen molar-refractivity contribution in [2.75, 3.05) is 25.5 Å². The van der Waals surface area contributed by atoms with Crippen LogP contribution >= 0.6 is 0 Å². The summed E-state index contributed by atoms with van der Waals surface area (Å²) in [6.45, 7) is 6.95. The third kappa shape index (κ3) is 4.24. The Morgan fingerprint density at radius 1 is 1.32 bits per heavy atom. The van der Waals surface area contributed by atoms with Gasteiger partial charge in [0.15, 0.2) is 0 Å². The van der Waals surface area contributed by atoms with Crippen molar-refractivity contribution in [1.82, 2.24) is 5.32 Å². The van der Waals surface area contributed by atoms with Crippen LogP contribution in [0.2, 0.25) is 0 Å². The highest BCUT2D eigenvalue weighted by Crippen LogP contribution is 2.24. The molecule has 2 N–H and O–H groups in total. The molecule has 0 aliphatic rings. The van der Waals surface area contributed by atoms with Crippen molar-refractivity contribution in [1.29, 1.82) is 0 Å². The Bertz CT molecular complexity index is 421. The van der Waals surface area contributed by atoms with Crippen molar-refractivity contribution < 1.29 is 9.90 Å². The smallest absolute Gasteiger partial charge is 0.322 e. The molecule has 1 aromatic rings. The van der Waals surface area contributed by atoms with Gasteiger partial charge in [-0.2, -0.15) is 0 Å². The molecular weight excluding hydrogens is 240 g/mol. The van der Waals surface area contributed by atoms with Gasteiger partial charge in [-0.05, 0) is 30.2 Å². The van der Waals surface area contributed by atoms with Gasteiger partial charge >= 0.3 is 5.97 Å². The Balaban J connectivity index is 2.78. The Morgan fingerprint density at radius 2 is 1.84 bits per heavy atom. The summed E-state index contributed by atoms with van der Waals surface area (Å²) >= 11 is 0. The number of anilines is 1. The van der Waals surface area contributed by atoms with Gasteiger partial charge in [0.2, 0.25) is 0 Å². The molecule has 0 heterocycles. The first-order valence-corrected chi connectivity index (χ1v) is 6.47.